The first kappa shape index (κ1) is 23.2. The van der Waals surface area contributed by atoms with Gasteiger partial charge < -0.3 is 10.1 Å². The molecule has 0 aromatic rings. The Bertz CT molecular complexity index is 91.3. The lowest BCUT2D eigenvalue weighted by Gasteiger charge is -1.86. The van der Waals surface area contributed by atoms with Crippen molar-refractivity contribution in [1.82, 2.24) is 5.32 Å². The molecule has 88 valence electrons. The number of carbonyl (C=O) groups is 1. The maximum Gasteiger partial charge on any atom is 0.211 e. The average molecular weight is 205 g/mol. The predicted octanol–water partition coefficient (Wildman–Crippen LogP) is 2.97. The van der Waals surface area contributed by atoms with Crippen LogP contribution in [0.3, 0.4) is 0 Å². The standard InChI is InChI=1S/C4H7NO.C3H8.C2H6O.C2H6/c1-4(2)5-3-6;2*1-3-2;1-2/h3H,1H2,2H3,(H,5,6);3H2,1-2H3;1-2H3;1-2H3. The van der Waals surface area contributed by atoms with E-state index in [0.29, 0.717) is 12.1 Å². The van der Waals surface area contributed by atoms with E-state index in [2.05, 4.69) is 30.5 Å². The lowest BCUT2D eigenvalue weighted by Crippen LogP contribution is -2.04. The fraction of sp³-hybridized carbons (Fsp3) is 0.727. The number of methoxy groups -OCH3 is 1. The monoisotopic (exact) mass is 205 g/mol. The zero-order valence-corrected chi connectivity index (χ0v) is 10.8. The summed E-state index contributed by atoms with van der Waals surface area (Å²) in [6.45, 7) is 13.4. The van der Waals surface area contributed by atoms with Crippen molar-refractivity contribution >= 4 is 6.41 Å². The quantitative estimate of drug-likeness (QED) is 0.704. The van der Waals surface area contributed by atoms with Gasteiger partial charge in [0.25, 0.3) is 0 Å². The normalized spacial score (nSPS) is 5.93. The van der Waals surface area contributed by atoms with Gasteiger partial charge in [0, 0.05) is 19.9 Å². The molecule has 1 amide bonds. The Labute approximate surface area is 89.5 Å². The molecule has 0 aliphatic carbocycles. The second-order valence-electron chi connectivity index (χ2n) is 2.16. The second-order valence-corrected chi connectivity index (χ2v) is 2.16. The van der Waals surface area contributed by atoms with Gasteiger partial charge in [0.2, 0.25) is 6.41 Å². The van der Waals surface area contributed by atoms with E-state index in [1.165, 1.54) is 6.42 Å². The van der Waals surface area contributed by atoms with Crippen LogP contribution in [0.4, 0.5) is 0 Å². The minimum Gasteiger partial charge on any atom is -0.388 e. The van der Waals surface area contributed by atoms with E-state index < -0.39 is 0 Å². The van der Waals surface area contributed by atoms with Gasteiger partial charge in [0.05, 0.1) is 0 Å². The van der Waals surface area contributed by atoms with Crippen LogP contribution in [0.5, 0.6) is 0 Å². The van der Waals surface area contributed by atoms with E-state index in [0.717, 1.165) is 0 Å². The Balaban J connectivity index is -0.0000000536. The molecule has 0 spiro atoms. The molecule has 0 aliphatic rings. The molecule has 0 saturated heterocycles. The summed E-state index contributed by atoms with van der Waals surface area (Å²) in [6, 6.07) is 0. The smallest absolute Gasteiger partial charge is 0.211 e. The first-order valence-electron chi connectivity index (χ1n) is 4.86. The van der Waals surface area contributed by atoms with E-state index in [1.807, 2.05) is 13.8 Å². The van der Waals surface area contributed by atoms with Crippen molar-refractivity contribution < 1.29 is 9.53 Å². The highest BCUT2D eigenvalue weighted by Crippen LogP contribution is 1.69. The van der Waals surface area contributed by atoms with Crippen molar-refractivity contribution in [3.63, 3.8) is 0 Å². The molecule has 0 bridgehead atoms. The predicted molar refractivity (Wildman–Crippen MR) is 64.3 cm³/mol. The van der Waals surface area contributed by atoms with Crippen molar-refractivity contribution in [2.45, 2.75) is 41.0 Å². The van der Waals surface area contributed by atoms with Crippen LogP contribution >= 0.6 is 0 Å². The number of amides is 1. The lowest BCUT2D eigenvalue weighted by atomic mass is 10.6. The Morgan fingerprint density at radius 1 is 1.36 bits per heavy atom. The Hall–Kier alpha value is -0.830. The Morgan fingerprint density at radius 3 is 1.57 bits per heavy atom. The largest absolute Gasteiger partial charge is 0.388 e. The van der Waals surface area contributed by atoms with Crippen LogP contribution in [0.2, 0.25) is 0 Å². The zero-order chi connectivity index (χ0) is 12.4. The summed E-state index contributed by atoms with van der Waals surface area (Å²) in [4.78, 5) is 9.44. The molecule has 0 fully saturated rings. The molecular weight excluding hydrogens is 178 g/mol. The molecule has 0 radical (unpaired) electrons. The maximum atomic E-state index is 9.44. The molecule has 0 aromatic carbocycles. The summed E-state index contributed by atoms with van der Waals surface area (Å²) in [5.41, 5.74) is 0.671. The van der Waals surface area contributed by atoms with Gasteiger partial charge in [-0.05, 0) is 6.92 Å². The molecule has 0 aliphatic heterocycles. The minimum atomic E-state index is 0.600. The minimum absolute atomic E-state index is 0.600. The van der Waals surface area contributed by atoms with Gasteiger partial charge in [0.15, 0.2) is 0 Å². The van der Waals surface area contributed by atoms with Gasteiger partial charge in [-0.3, -0.25) is 4.79 Å². The van der Waals surface area contributed by atoms with Gasteiger partial charge in [-0.2, -0.15) is 0 Å². The topological polar surface area (TPSA) is 38.3 Å². The number of rotatable bonds is 2. The molecule has 0 heterocycles. The molecule has 0 unspecified atom stereocenters. The highest BCUT2D eigenvalue weighted by Gasteiger charge is 1.70. The van der Waals surface area contributed by atoms with Crippen LogP contribution in [-0.2, 0) is 9.53 Å². The van der Waals surface area contributed by atoms with E-state index in [1.54, 1.807) is 21.1 Å². The highest BCUT2D eigenvalue weighted by molar-refractivity contribution is 5.49. The summed E-state index contributed by atoms with van der Waals surface area (Å²) in [5, 5.41) is 2.33. The van der Waals surface area contributed by atoms with E-state index in [9.17, 15) is 4.79 Å². The van der Waals surface area contributed by atoms with Crippen LogP contribution < -0.4 is 5.32 Å². The van der Waals surface area contributed by atoms with Crippen molar-refractivity contribution in [3.8, 4) is 0 Å². The third kappa shape index (κ3) is 245. The molecule has 3 nitrogen and oxygen atoms in total. The molecule has 0 aromatic heterocycles. The number of carbonyl (C=O) groups excluding carboxylic acids is 1. The van der Waals surface area contributed by atoms with Gasteiger partial charge >= 0.3 is 0 Å². The molecule has 0 atom stereocenters. The van der Waals surface area contributed by atoms with Crippen molar-refractivity contribution in [2.24, 2.45) is 0 Å². The van der Waals surface area contributed by atoms with Gasteiger partial charge in [-0.1, -0.05) is 40.7 Å². The fourth-order valence-electron chi connectivity index (χ4n) is 0.101. The van der Waals surface area contributed by atoms with Gasteiger partial charge in [-0.25, -0.2) is 0 Å². The summed E-state index contributed by atoms with van der Waals surface area (Å²) >= 11 is 0. The van der Waals surface area contributed by atoms with Gasteiger partial charge in [-0.15, -0.1) is 0 Å². The first-order chi connectivity index (χ1) is 6.60. The summed E-state index contributed by atoms with van der Waals surface area (Å²) in [7, 11) is 3.25. The second kappa shape index (κ2) is 39.9. The molecule has 0 rings (SSSR count). The van der Waals surface area contributed by atoms with E-state index >= 15 is 0 Å². The molecule has 3 heteroatoms. The third-order valence-corrected chi connectivity index (χ3v) is 0.305. The third-order valence-electron chi connectivity index (χ3n) is 0.305. The lowest BCUT2D eigenvalue weighted by molar-refractivity contribution is -0.108. The van der Waals surface area contributed by atoms with Crippen molar-refractivity contribution in [2.75, 3.05) is 14.2 Å². The summed E-state index contributed by atoms with van der Waals surface area (Å²) in [5.74, 6) is 0. The van der Waals surface area contributed by atoms with Crippen molar-refractivity contribution in [3.05, 3.63) is 12.3 Å². The molecule has 0 saturated carbocycles. The highest BCUT2D eigenvalue weighted by atomic mass is 16.4. The number of ether oxygens (including phenoxy) is 1. The van der Waals surface area contributed by atoms with Crippen LogP contribution in [0.25, 0.3) is 0 Å². The first-order valence-corrected chi connectivity index (χ1v) is 4.86. The van der Waals surface area contributed by atoms with Crippen molar-refractivity contribution in [1.29, 1.82) is 0 Å². The number of hydrogen-bond donors (Lipinski definition) is 1. The summed E-state index contributed by atoms with van der Waals surface area (Å²) in [6.07, 6.45) is 1.85. The number of hydrogen-bond acceptors (Lipinski definition) is 2. The average Bonchev–Trinajstić information content (AvgIpc) is 2.10. The molecule has 1 N–H and O–H groups in total. The maximum absolute atomic E-state index is 9.44. The zero-order valence-electron chi connectivity index (χ0n) is 10.8. The fourth-order valence-corrected chi connectivity index (χ4v) is 0.101. The van der Waals surface area contributed by atoms with Crippen LogP contribution in [0.15, 0.2) is 12.3 Å². The number of nitrogens with one attached hydrogen (secondary N) is 1. The Kier molecular flexibility index (Phi) is 66.1. The van der Waals surface area contributed by atoms with Gasteiger partial charge in [0.1, 0.15) is 0 Å². The summed E-state index contributed by atoms with van der Waals surface area (Å²) < 4.78 is 4.25. The van der Waals surface area contributed by atoms with Crippen LogP contribution in [0.1, 0.15) is 41.0 Å². The van der Waals surface area contributed by atoms with E-state index in [4.69, 9.17) is 0 Å². The molecular formula is C11H27NO2. The number of allylic oxidation sites excluding steroid dienone is 1. The molecule has 14 heavy (non-hydrogen) atoms. The van der Waals surface area contributed by atoms with Crippen LogP contribution in [0, 0.1) is 0 Å². The van der Waals surface area contributed by atoms with Crippen LogP contribution in [-0.4, -0.2) is 20.6 Å². The van der Waals surface area contributed by atoms with E-state index in [-0.39, 0.29) is 0 Å². The SMILES string of the molecule is C=C(C)NC=O.CC.CCC.COC. The Morgan fingerprint density at radius 2 is 1.57 bits per heavy atom.